The molecule has 8 heteroatoms. The second-order valence-corrected chi connectivity index (χ2v) is 5.56. The van der Waals surface area contributed by atoms with Crippen molar-refractivity contribution in [2.75, 3.05) is 13.2 Å². The van der Waals surface area contributed by atoms with E-state index in [9.17, 15) is 19.7 Å². The van der Waals surface area contributed by atoms with Crippen LogP contribution in [-0.4, -0.2) is 35.0 Å². The highest BCUT2D eigenvalue weighted by molar-refractivity contribution is 6.05. The van der Waals surface area contributed by atoms with Crippen molar-refractivity contribution in [3.63, 3.8) is 0 Å². The molecular formula is C19H19N3O5. The van der Waals surface area contributed by atoms with E-state index in [0.29, 0.717) is 17.5 Å². The van der Waals surface area contributed by atoms with Crippen LogP contribution in [0.5, 0.6) is 0 Å². The minimum Gasteiger partial charge on any atom is -0.396 e. The van der Waals surface area contributed by atoms with Gasteiger partial charge in [-0.15, -0.1) is 0 Å². The van der Waals surface area contributed by atoms with Gasteiger partial charge in [-0.1, -0.05) is 18.2 Å². The molecular weight excluding hydrogens is 350 g/mol. The zero-order chi connectivity index (χ0) is 19.6. The molecule has 0 fully saturated rings. The fraction of sp³-hybridized carbons (Fsp3) is 0.158. The van der Waals surface area contributed by atoms with Gasteiger partial charge in [0.1, 0.15) is 5.70 Å². The first-order valence-electron chi connectivity index (χ1n) is 8.23. The minimum absolute atomic E-state index is 0.00403. The second-order valence-electron chi connectivity index (χ2n) is 5.56. The van der Waals surface area contributed by atoms with Crippen molar-refractivity contribution in [2.24, 2.45) is 0 Å². The maximum absolute atomic E-state index is 12.4. The van der Waals surface area contributed by atoms with E-state index < -0.39 is 16.7 Å². The van der Waals surface area contributed by atoms with Crippen molar-refractivity contribution in [1.29, 1.82) is 0 Å². The largest absolute Gasteiger partial charge is 0.396 e. The van der Waals surface area contributed by atoms with Gasteiger partial charge in [0.25, 0.3) is 17.5 Å². The predicted molar refractivity (Wildman–Crippen MR) is 99.7 cm³/mol. The number of nitrogens with zero attached hydrogens (tertiary/aromatic N) is 1. The molecule has 3 N–H and O–H groups in total. The Bertz CT molecular complexity index is 832. The molecule has 0 aliphatic carbocycles. The van der Waals surface area contributed by atoms with E-state index in [2.05, 4.69) is 10.6 Å². The lowest BCUT2D eigenvalue weighted by molar-refractivity contribution is -0.384. The first-order valence-corrected chi connectivity index (χ1v) is 8.23. The van der Waals surface area contributed by atoms with Crippen LogP contribution in [0.2, 0.25) is 0 Å². The number of amides is 2. The van der Waals surface area contributed by atoms with Gasteiger partial charge in [0.2, 0.25) is 0 Å². The number of aliphatic hydroxyl groups excluding tert-OH is 1. The molecule has 2 amide bonds. The fourth-order valence-electron chi connectivity index (χ4n) is 2.18. The summed E-state index contributed by atoms with van der Waals surface area (Å²) < 4.78 is 0. The summed E-state index contributed by atoms with van der Waals surface area (Å²) in [4.78, 5) is 35.0. The number of nitro benzene ring substituents is 1. The van der Waals surface area contributed by atoms with Gasteiger partial charge in [0, 0.05) is 30.8 Å². The predicted octanol–water partition coefficient (Wildman–Crippen LogP) is 1.86. The van der Waals surface area contributed by atoms with Gasteiger partial charge in [0.15, 0.2) is 0 Å². The zero-order valence-corrected chi connectivity index (χ0v) is 14.4. The Balaban J connectivity index is 2.24. The summed E-state index contributed by atoms with van der Waals surface area (Å²) in [7, 11) is 0. The molecule has 0 bridgehead atoms. The van der Waals surface area contributed by atoms with Crippen LogP contribution in [0, 0.1) is 10.1 Å². The number of rotatable bonds is 8. The highest BCUT2D eigenvalue weighted by Crippen LogP contribution is 2.14. The average molecular weight is 369 g/mol. The average Bonchev–Trinajstić information content (AvgIpc) is 2.68. The number of nitrogens with one attached hydrogen (secondary N) is 2. The number of carbonyl (C=O) groups is 2. The van der Waals surface area contributed by atoms with Gasteiger partial charge in [-0.2, -0.15) is 0 Å². The number of aliphatic hydroxyl groups is 1. The maximum Gasteiger partial charge on any atom is 0.269 e. The Hall–Kier alpha value is -3.52. The van der Waals surface area contributed by atoms with Crippen LogP contribution in [0.4, 0.5) is 5.69 Å². The lowest BCUT2D eigenvalue weighted by Gasteiger charge is -2.11. The third-order valence-corrected chi connectivity index (χ3v) is 3.56. The van der Waals surface area contributed by atoms with Crippen LogP contribution >= 0.6 is 0 Å². The Kier molecular flexibility index (Phi) is 7.21. The standard InChI is InChI=1S/C19H19N3O5/c23-12-4-11-20-19(25)17(21-18(24)15-5-2-1-3-6-15)13-14-7-9-16(10-8-14)22(26)27/h1-3,5-10,13,23H,4,11-12H2,(H,20,25)(H,21,24)/b17-13+. The number of non-ortho nitro benzene ring substituents is 1. The maximum atomic E-state index is 12.4. The summed E-state index contributed by atoms with van der Waals surface area (Å²) in [6, 6.07) is 14.0. The zero-order valence-electron chi connectivity index (χ0n) is 14.4. The highest BCUT2D eigenvalue weighted by atomic mass is 16.6. The molecule has 0 heterocycles. The van der Waals surface area contributed by atoms with Crippen molar-refractivity contribution < 1.29 is 19.6 Å². The fourth-order valence-corrected chi connectivity index (χ4v) is 2.18. The van der Waals surface area contributed by atoms with Crippen molar-refractivity contribution in [3.05, 3.63) is 81.5 Å². The van der Waals surface area contributed by atoms with E-state index >= 15 is 0 Å². The molecule has 0 unspecified atom stereocenters. The van der Waals surface area contributed by atoms with Crippen LogP contribution in [0.1, 0.15) is 22.3 Å². The Morgan fingerprint density at radius 3 is 2.33 bits per heavy atom. The van der Waals surface area contributed by atoms with Gasteiger partial charge in [-0.05, 0) is 42.3 Å². The van der Waals surface area contributed by atoms with Crippen molar-refractivity contribution >= 4 is 23.6 Å². The van der Waals surface area contributed by atoms with Crippen molar-refractivity contribution in [1.82, 2.24) is 10.6 Å². The van der Waals surface area contributed by atoms with Gasteiger partial charge >= 0.3 is 0 Å². The first kappa shape index (κ1) is 19.8. The third kappa shape index (κ3) is 6.05. The highest BCUT2D eigenvalue weighted by Gasteiger charge is 2.14. The lowest BCUT2D eigenvalue weighted by Crippen LogP contribution is -2.35. The van der Waals surface area contributed by atoms with E-state index in [-0.39, 0.29) is 24.5 Å². The summed E-state index contributed by atoms with van der Waals surface area (Å²) in [5, 5.41) is 24.7. The molecule has 2 aromatic carbocycles. The lowest BCUT2D eigenvalue weighted by atomic mass is 10.1. The molecule has 0 atom stereocenters. The minimum atomic E-state index is -0.522. The van der Waals surface area contributed by atoms with E-state index in [1.54, 1.807) is 30.3 Å². The molecule has 0 saturated carbocycles. The first-order chi connectivity index (χ1) is 13.0. The van der Waals surface area contributed by atoms with Crippen molar-refractivity contribution in [3.8, 4) is 0 Å². The number of hydrogen-bond acceptors (Lipinski definition) is 5. The summed E-state index contributed by atoms with van der Waals surface area (Å²) in [5.74, 6) is -0.979. The molecule has 0 spiro atoms. The van der Waals surface area contributed by atoms with Crippen LogP contribution in [0.25, 0.3) is 6.08 Å². The van der Waals surface area contributed by atoms with Crippen LogP contribution < -0.4 is 10.6 Å². The Morgan fingerprint density at radius 1 is 1.07 bits per heavy atom. The van der Waals surface area contributed by atoms with Crippen LogP contribution in [0.15, 0.2) is 60.3 Å². The molecule has 8 nitrogen and oxygen atoms in total. The number of benzene rings is 2. The summed E-state index contributed by atoms with van der Waals surface area (Å²) >= 11 is 0. The van der Waals surface area contributed by atoms with Crippen molar-refractivity contribution in [2.45, 2.75) is 6.42 Å². The van der Waals surface area contributed by atoms with Crippen LogP contribution in [-0.2, 0) is 4.79 Å². The van der Waals surface area contributed by atoms with E-state index in [1.807, 2.05) is 0 Å². The second kappa shape index (κ2) is 9.83. The van der Waals surface area contributed by atoms with E-state index in [1.165, 1.54) is 30.3 Å². The molecule has 0 radical (unpaired) electrons. The van der Waals surface area contributed by atoms with Crippen LogP contribution in [0.3, 0.4) is 0 Å². The molecule has 2 rings (SSSR count). The molecule has 2 aromatic rings. The van der Waals surface area contributed by atoms with Gasteiger partial charge in [0.05, 0.1) is 4.92 Å². The summed E-state index contributed by atoms with van der Waals surface area (Å²) in [6.45, 7) is 0.173. The SMILES string of the molecule is O=C(NCCCO)/C(=C\c1ccc([N+](=O)[O-])cc1)NC(=O)c1ccccc1. The van der Waals surface area contributed by atoms with E-state index in [4.69, 9.17) is 5.11 Å². The smallest absolute Gasteiger partial charge is 0.269 e. The van der Waals surface area contributed by atoms with Gasteiger partial charge in [-0.25, -0.2) is 0 Å². The molecule has 0 aliphatic heterocycles. The quantitative estimate of drug-likeness (QED) is 0.284. The normalized spacial score (nSPS) is 10.9. The summed E-state index contributed by atoms with van der Waals surface area (Å²) in [5.41, 5.74) is 0.821. The monoisotopic (exact) mass is 369 g/mol. The number of carbonyl (C=O) groups excluding carboxylic acids is 2. The van der Waals surface area contributed by atoms with Gasteiger partial charge in [-0.3, -0.25) is 19.7 Å². The molecule has 0 saturated heterocycles. The Labute approximate surface area is 155 Å². The third-order valence-electron chi connectivity index (χ3n) is 3.56. The molecule has 0 aromatic heterocycles. The molecule has 140 valence electrons. The number of nitro groups is 1. The number of hydrogen-bond donors (Lipinski definition) is 3. The van der Waals surface area contributed by atoms with Gasteiger partial charge < -0.3 is 15.7 Å². The van der Waals surface area contributed by atoms with E-state index in [0.717, 1.165) is 0 Å². The molecule has 27 heavy (non-hydrogen) atoms. The Morgan fingerprint density at radius 2 is 1.74 bits per heavy atom. The molecule has 0 aliphatic rings. The summed E-state index contributed by atoms with van der Waals surface area (Å²) in [6.07, 6.45) is 1.81. The topological polar surface area (TPSA) is 122 Å².